The third-order valence-corrected chi connectivity index (χ3v) is 4.21. The van der Waals surface area contributed by atoms with Crippen molar-refractivity contribution in [3.05, 3.63) is 69.8 Å². The van der Waals surface area contributed by atoms with E-state index in [0.29, 0.717) is 0 Å². The Bertz CT molecular complexity index is 860. The van der Waals surface area contributed by atoms with Crippen LogP contribution in [0.1, 0.15) is 15.9 Å². The van der Waals surface area contributed by atoms with E-state index in [1.54, 1.807) is 6.07 Å². The molecule has 0 saturated heterocycles. The zero-order chi connectivity index (χ0) is 17.0. The molecule has 0 saturated carbocycles. The number of sulfone groups is 1. The summed E-state index contributed by atoms with van der Waals surface area (Å²) < 4.78 is 28.4. The molecule has 0 aliphatic carbocycles. The molecule has 0 aromatic heterocycles. The fraction of sp³-hybridized carbons (Fsp3) is 0.133. The third-order valence-electron chi connectivity index (χ3n) is 3.05. The van der Waals surface area contributed by atoms with Gasteiger partial charge in [0.25, 0.3) is 5.69 Å². The molecule has 0 aliphatic heterocycles. The van der Waals surface area contributed by atoms with Gasteiger partial charge in [-0.15, -0.1) is 0 Å². The van der Waals surface area contributed by atoms with Crippen LogP contribution in [0.5, 0.6) is 0 Å². The highest BCUT2D eigenvalue weighted by atomic mass is 32.2. The third kappa shape index (κ3) is 3.92. The van der Waals surface area contributed by atoms with Crippen LogP contribution < -0.4 is 0 Å². The van der Waals surface area contributed by atoms with E-state index in [4.69, 9.17) is 4.74 Å². The number of para-hydroxylation sites is 1. The van der Waals surface area contributed by atoms with E-state index in [1.807, 2.05) is 0 Å². The number of benzene rings is 2. The summed E-state index contributed by atoms with van der Waals surface area (Å²) in [6.45, 7) is -0.325. The Labute approximate surface area is 132 Å². The molecule has 0 aliphatic rings. The van der Waals surface area contributed by atoms with Gasteiger partial charge in [0.1, 0.15) is 6.61 Å². The molecule has 0 unspecified atom stereocenters. The van der Waals surface area contributed by atoms with Crippen molar-refractivity contribution >= 4 is 21.5 Å². The molecule has 0 heterocycles. The molecule has 0 atom stereocenters. The molecule has 8 heteroatoms. The number of nitro benzene ring substituents is 1. The van der Waals surface area contributed by atoms with E-state index in [1.165, 1.54) is 42.5 Å². The normalized spacial score (nSPS) is 11.0. The van der Waals surface area contributed by atoms with Crippen molar-refractivity contribution in [2.45, 2.75) is 11.5 Å². The summed E-state index contributed by atoms with van der Waals surface area (Å²) in [5.74, 6) is -0.857. The fourth-order valence-corrected chi connectivity index (χ4v) is 2.87. The number of nitro groups is 1. The summed E-state index contributed by atoms with van der Waals surface area (Å²) in [5, 5.41) is 10.9. The van der Waals surface area contributed by atoms with Crippen LogP contribution in [0.2, 0.25) is 0 Å². The lowest BCUT2D eigenvalue weighted by molar-refractivity contribution is -0.385. The Kier molecular flexibility index (Phi) is 4.75. The van der Waals surface area contributed by atoms with Gasteiger partial charge in [-0.25, -0.2) is 13.2 Å². The molecule has 0 spiro atoms. The minimum Gasteiger partial charge on any atom is -0.457 e. The number of carbonyl (C=O) groups is 1. The maximum Gasteiger partial charge on any atom is 0.339 e. The topological polar surface area (TPSA) is 104 Å². The monoisotopic (exact) mass is 335 g/mol. The molecule has 0 bridgehead atoms. The van der Waals surface area contributed by atoms with Gasteiger partial charge in [-0.2, -0.15) is 0 Å². The summed E-state index contributed by atoms with van der Waals surface area (Å²) >= 11 is 0. The van der Waals surface area contributed by atoms with Crippen molar-refractivity contribution in [3.8, 4) is 0 Å². The maximum atomic E-state index is 12.1. The summed E-state index contributed by atoms with van der Waals surface area (Å²) in [5.41, 5.74) is -0.0482. The number of rotatable bonds is 5. The minimum absolute atomic E-state index is 0.103. The van der Waals surface area contributed by atoms with Crippen LogP contribution >= 0.6 is 0 Å². The number of esters is 1. The Hall–Kier alpha value is -2.74. The number of nitrogens with zero attached hydrogens (tertiary/aromatic N) is 1. The number of carbonyl (C=O) groups excluding carboxylic acids is 1. The van der Waals surface area contributed by atoms with Crippen LogP contribution in [-0.4, -0.2) is 25.6 Å². The smallest absolute Gasteiger partial charge is 0.339 e. The van der Waals surface area contributed by atoms with Gasteiger partial charge < -0.3 is 4.74 Å². The van der Waals surface area contributed by atoms with Crippen molar-refractivity contribution in [1.29, 1.82) is 0 Å². The number of hydrogen-bond acceptors (Lipinski definition) is 6. The average Bonchev–Trinajstić information content (AvgIpc) is 2.52. The van der Waals surface area contributed by atoms with Crippen LogP contribution in [0.3, 0.4) is 0 Å². The van der Waals surface area contributed by atoms with Crippen LogP contribution in [0.25, 0.3) is 0 Å². The predicted molar refractivity (Wildman–Crippen MR) is 81.8 cm³/mol. The fourth-order valence-electron chi connectivity index (χ4n) is 1.99. The molecule has 0 amide bonds. The Morgan fingerprint density at radius 2 is 1.74 bits per heavy atom. The van der Waals surface area contributed by atoms with Crippen molar-refractivity contribution < 1.29 is 22.9 Å². The first-order valence-corrected chi connectivity index (χ1v) is 8.38. The lowest BCUT2D eigenvalue weighted by Crippen LogP contribution is -2.11. The summed E-state index contributed by atoms with van der Waals surface area (Å²) in [6.07, 6.45) is 0.987. The van der Waals surface area contributed by atoms with E-state index in [9.17, 15) is 23.3 Å². The standard InChI is InChI=1S/C15H13NO6S/c1-23(20,21)14-9-5-3-7-12(14)15(17)22-10-11-6-2-4-8-13(11)16(18)19/h2-9H,10H2,1H3. The molecule has 0 N–H and O–H groups in total. The van der Waals surface area contributed by atoms with Gasteiger partial charge in [-0.05, 0) is 18.2 Å². The SMILES string of the molecule is CS(=O)(=O)c1ccccc1C(=O)OCc1ccccc1[N+](=O)[O-]. The van der Waals surface area contributed by atoms with Gasteiger partial charge in [-0.1, -0.05) is 24.3 Å². The highest BCUT2D eigenvalue weighted by Crippen LogP contribution is 2.21. The van der Waals surface area contributed by atoms with Crippen molar-refractivity contribution in [3.63, 3.8) is 0 Å². The highest BCUT2D eigenvalue weighted by molar-refractivity contribution is 7.90. The molecule has 120 valence electrons. The summed E-state index contributed by atoms with van der Waals surface area (Å²) in [7, 11) is -3.59. The molecule has 0 radical (unpaired) electrons. The Balaban J connectivity index is 2.24. The van der Waals surface area contributed by atoms with Crippen LogP contribution in [-0.2, 0) is 21.2 Å². The quantitative estimate of drug-likeness (QED) is 0.472. The van der Waals surface area contributed by atoms with Gasteiger partial charge in [0.05, 0.1) is 20.9 Å². The number of hydrogen-bond donors (Lipinski definition) is 0. The molecule has 2 aromatic rings. The molecule has 7 nitrogen and oxygen atoms in total. The lowest BCUT2D eigenvalue weighted by Gasteiger charge is -2.08. The summed E-state index contributed by atoms with van der Waals surface area (Å²) in [6, 6.07) is 11.5. The van der Waals surface area contributed by atoms with Gasteiger partial charge in [0.15, 0.2) is 9.84 Å². The van der Waals surface area contributed by atoms with E-state index < -0.39 is 20.7 Å². The van der Waals surface area contributed by atoms with E-state index in [0.717, 1.165) is 6.26 Å². The Morgan fingerprint density at radius 3 is 2.39 bits per heavy atom. The molecule has 2 rings (SSSR count). The Morgan fingerprint density at radius 1 is 1.13 bits per heavy atom. The molecule has 23 heavy (non-hydrogen) atoms. The number of ether oxygens (including phenoxy) is 1. The predicted octanol–water partition coefficient (Wildman–Crippen LogP) is 2.36. The van der Waals surface area contributed by atoms with E-state index >= 15 is 0 Å². The van der Waals surface area contributed by atoms with E-state index in [2.05, 4.69) is 0 Å². The van der Waals surface area contributed by atoms with Crippen molar-refractivity contribution in [2.75, 3.05) is 6.26 Å². The van der Waals surface area contributed by atoms with Gasteiger partial charge >= 0.3 is 5.97 Å². The first-order chi connectivity index (χ1) is 10.8. The largest absolute Gasteiger partial charge is 0.457 e. The second kappa shape index (κ2) is 6.57. The van der Waals surface area contributed by atoms with Crippen molar-refractivity contribution in [1.82, 2.24) is 0 Å². The van der Waals surface area contributed by atoms with Gasteiger partial charge in [0.2, 0.25) is 0 Å². The second-order valence-corrected chi connectivity index (χ2v) is 6.71. The zero-order valence-electron chi connectivity index (χ0n) is 12.1. The van der Waals surface area contributed by atoms with Crippen LogP contribution in [0.15, 0.2) is 53.4 Å². The molecule has 2 aromatic carbocycles. The van der Waals surface area contributed by atoms with E-state index in [-0.39, 0.29) is 28.3 Å². The van der Waals surface area contributed by atoms with Crippen LogP contribution in [0, 0.1) is 10.1 Å². The second-order valence-electron chi connectivity index (χ2n) is 4.73. The van der Waals surface area contributed by atoms with Crippen molar-refractivity contribution in [2.24, 2.45) is 0 Å². The highest BCUT2D eigenvalue weighted by Gasteiger charge is 2.20. The lowest BCUT2D eigenvalue weighted by atomic mass is 10.2. The summed E-state index contributed by atoms with van der Waals surface area (Å²) in [4.78, 5) is 22.3. The van der Waals surface area contributed by atoms with Gasteiger partial charge in [-0.3, -0.25) is 10.1 Å². The zero-order valence-corrected chi connectivity index (χ0v) is 12.9. The maximum absolute atomic E-state index is 12.1. The van der Waals surface area contributed by atoms with Crippen LogP contribution in [0.4, 0.5) is 5.69 Å². The average molecular weight is 335 g/mol. The first-order valence-electron chi connectivity index (χ1n) is 6.49. The molecular formula is C15H13NO6S. The molecule has 0 fully saturated rings. The molecular weight excluding hydrogens is 322 g/mol. The first kappa shape index (κ1) is 16.6. The van der Waals surface area contributed by atoms with Gasteiger partial charge in [0, 0.05) is 12.3 Å². The minimum atomic E-state index is -3.59.